The average molecular weight is 394 g/mol. The van der Waals surface area contributed by atoms with Gasteiger partial charge in [-0.3, -0.25) is 14.4 Å². The van der Waals surface area contributed by atoms with Crippen LogP contribution in [-0.4, -0.2) is 40.9 Å². The van der Waals surface area contributed by atoms with Crippen LogP contribution in [0.4, 0.5) is 5.69 Å². The molecular formula is C23H26N2O4. The molecule has 0 aliphatic carbocycles. The molecule has 2 aromatic rings. The van der Waals surface area contributed by atoms with Crippen molar-refractivity contribution in [1.82, 2.24) is 4.90 Å². The molecule has 0 atom stereocenters. The summed E-state index contributed by atoms with van der Waals surface area (Å²) in [6.07, 6.45) is 0.954. The maximum Gasteiger partial charge on any atom is 0.306 e. The van der Waals surface area contributed by atoms with Gasteiger partial charge in [-0.15, -0.1) is 0 Å². The maximum atomic E-state index is 12.6. The van der Waals surface area contributed by atoms with Gasteiger partial charge >= 0.3 is 5.97 Å². The minimum atomic E-state index is -0.795. The van der Waals surface area contributed by atoms with Crippen molar-refractivity contribution in [3.8, 4) is 0 Å². The predicted octanol–water partition coefficient (Wildman–Crippen LogP) is 4.00. The lowest BCUT2D eigenvalue weighted by Gasteiger charge is -2.30. The molecule has 2 amide bonds. The zero-order valence-electron chi connectivity index (χ0n) is 16.7. The van der Waals surface area contributed by atoms with Crippen molar-refractivity contribution in [2.75, 3.05) is 18.4 Å². The lowest BCUT2D eigenvalue weighted by molar-refractivity contribution is -0.143. The SMILES string of the molecule is CC(C)c1ccc(C(=O)Nc2ccc(C(=O)N3CCC(C(=O)O)CC3)cc2)cc1. The van der Waals surface area contributed by atoms with Crippen LogP contribution in [0.25, 0.3) is 0 Å². The van der Waals surface area contributed by atoms with Gasteiger partial charge in [-0.1, -0.05) is 26.0 Å². The normalized spacial score (nSPS) is 14.7. The average Bonchev–Trinajstić information content (AvgIpc) is 2.74. The second-order valence-electron chi connectivity index (χ2n) is 7.71. The van der Waals surface area contributed by atoms with Crippen LogP contribution in [-0.2, 0) is 4.79 Å². The van der Waals surface area contributed by atoms with E-state index in [1.54, 1.807) is 29.2 Å². The molecule has 0 bridgehead atoms. The zero-order chi connectivity index (χ0) is 21.0. The van der Waals surface area contributed by atoms with Crippen LogP contribution in [0.1, 0.15) is 58.9 Å². The van der Waals surface area contributed by atoms with Gasteiger partial charge in [0, 0.05) is 29.9 Å². The van der Waals surface area contributed by atoms with E-state index >= 15 is 0 Å². The number of likely N-dealkylation sites (tertiary alicyclic amines) is 1. The van der Waals surface area contributed by atoms with Crippen LogP contribution in [0.15, 0.2) is 48.5 Å². The van der Waals surface area contributed by atoms with Crippen molar-refractivity contribution in [2.45, 2.75) is 32.6 Å². The molecule has 6 nitrogen and oxygen atoms in total. The number of nitrogens with zero attached hydrogens (tertiary/aromatic N) is 1. The van der Waals surface area contributed by atoms with E-state index in [0.29, 0.717) is 48.7 Å². The number of benzene rings is 2. The fourth-order valence-corrected chi connectivity index (χ4v) is 3.43. The number of hydrogen-bond acceptors (Lipinski definition) is 3. The molecule has 2 aromatic carbocycles. The van der Waals surface area contributed by atoms with E-state index in [2.05, 4.69) is 19.2 Å². The molecule has 1 saturated heterocycles. The first-order valence-electron chi connectivity index (χ1n) is 9.88. The van der Waals surface area contributed by atoms with Crippen LogP contribution in [0.3, 0.4) is 0 Å². The van der Waals surface area contributed by atoms with E-state index < -0.39 is 5.97 Å². The van der Waals surface area contributed by atoms with E-state index in [0.717, 1.165) is 0 Å². The third kappa shape index (κ3) is 5.02. The number of rotatable bonds is 5. The topological polar surface area (TPSA) is 86.7 Å². The summed E-state index contributed by atoms with van der Waals surface area (Å²) in [5.41, 5.74) is 2.90. The summed E-state index contributed by atoms with van der Waals surface area (Å²) in [5.74, 6) is -1.07. The van der Waals surface area contributed by atoms with E-state index in [9.17, 15) is 14.4 Å². The molecule has 0 radical (unpaired) electrons. The Kier molecular flexibility index (Phi) is 6.32. The van der Waals surface area contributed by atoms with Gasteiger partial charge in [0.2, 0.25) is 0 Å². The van der Waals surface area contributed by atoms with E-state index in [4.69, 9.17) is 5.11 Å². The van der Waals surface area contributed by atoms with Crippen molar-refractivity contribution in [2.24, 2.45) is 5.92 Å². The Balaban J connectivity index is 1.59. The third-order valence-electron chi connectivity index (χ3n) is 5.36. The Morgan fingerprint density at radius 1 is 0.931 bits per heavy atom. The number of carboxylic acids is 1. The van der Waals surface area contributed by atoms with Crippen LogP contribution in [0.2, 0.25) is 0 Å². The van der Waals surface area contributed by atoms with Crippen LogP contribution in [0.5, 0.6) is 0 Å². The summed E-state index contributed by atoms with van der Waals surface area (Å²) in [6, 6.07) is 14.3. The fraction of sp³-hybridized carbons (Fsp3) is 0.348. The molecule has 2 N–H and O–H groups in total. The van der Waals surface area contributed by atoms with Gasteiger partial charge in [-0.25, -0.2) is 0 Å². The highest BCUT2D eigenvalue weighted by molar-refractivity contribution is 6.04. The van der Waals surface area contributed by atoms with Crippen molar-refractivity contribution in [3.63, 3.8) is 0 Å². The Morgan fingerprint density at radius 2 is 1.48 bits per heavy atom. The summed E-state index contributed by atoms with van der Waals surface area (Å²) in [7, 11) is 0. The first kappa shape index (κ1) is 20.6. The molecular weight excluding hydrogens is 368 g/mol. The molecule has 0 unspecified atom stereocenters. The van der Waals surface area contributed by atoms with E-state index in [1.165, 1.54) is 5.56 Å². The smallest absolute Gasteiger partial charge is 0.306 e. The van der Waals surface area contributed by atoms with Crippen LogP contribution >= 0.6 is 0 Å². The molecule has 29 heavy (non-hydrogen) atoms. The molecule has 0 spiro atoms. The number of nitrogens with one attached hydrogen (secondary N) is 1. The molecule has 1 fully saturated rings. The highest BCUT2D eigenvalue weighted by Crippen LogP contribution is 2.20. The summed E-state index contributed by atoms with van der Waals surface area (Å²) in [4.78, 5) is 37.7. The standard InChI is InChI=1S/C23H26N2O4/c1-15(2)16-3-5-17(6-4-16)21(26)24-20-9-7-18(8-10-20)22(27)25-13-11-19(12-14-25)23(28)29/h3-10,15,19H,11-14H2,1-2H3,(H,24,26)(H,28,29). The quantitative estimate of drug-likeness (QED) is 0.802. The van der Waals surface area contributed by atoms with Gasteiger partial charge in [0.1, 0.15) is 0 Å². The minimum absolute atomic E-state index is 0.115. The number of piperidine rings is 1. The Labute approximate surface area is 170 Å². The molecule has 3 rings (SSSR count). The number of carbonyl (C=O) groups excluding carboxylic acids is 2. The van der Waals surface area contributed by atoms with Crippen molar-refractivity contribution >= 4 is 23.5 Å². The van der Waals surface area contributed by atoms with Crippen molar-refractivity contribution < 1.29 is 19.5 Å². The summed E-state index contributed by atoms with van der Waals surface area (Å²) < 4.78 is 0. The minimum Gasteiger partial charge on any atom is -0.481 e. The van der Waals surface area contributed by atoms with Crippen molar-refractivity contribution in [1.29, 1.82) is 0 Å². The second-order valence-corrected chi connectivity index (χ2v) is 7.71. The number of carbonyl (C=O) groups is 3. The van der Waals surface area contributed by atoms with E-state index in [-0.39, 0.29) is 17.7 Å². The number of amides is 2. The van der Waals surface area contributed by atoms with Gasteiger partial charge in [0.25, 0.3) is 11.8 Å². The number of aliphatic carboxylic acids is 1. The summed E-state index contributed by atoms with van der Waals surface area (Å²) in [5, 5.41) is 11.9. The second kappa shape index (κ2) is 8.90. The monoisotopic (exact) mass is 394 g/mol. The largest absolute Gasteiger partial charge is 0.481 e. The Morgan fingerprint density at radius 3 is 2.00 bits per heavy atom. The maximum absolute atomic E-state index is 12.6. The molecule has 1 aliphatic rings. The Hall–Kier alpha value is -3.15. The van der Waals surface area contributed by atoms with Crippen LogP contribution in [0, 0.1) is 5.92 Å². The number of hydrogen-bond donors (Lipinski definition) is 2. The number of anilines is 1. The van der Waals surface area contributed by atoms with Gasteiger partial charge in [-0.05, 0) is 60.7 Å². The zero-order valence-corrected chi connectivity index (χ0v) is 16.7. The van der Waals surface area contributed by atoms with Gasteiger partial charge < -0.3 is 15.3 Å². The van der Waals surface area contributed by atoms with Crippen LogP contribution < -0.4 is 5.32 Å². The fourth-order valence-electron chi connectivity index (χ4n) is 3.43. The molecule has 1 aliphatic heterocycles. The number of carboxylic acid groups (broad SMARTS) is 1. The predicted molar refractivity (Wildman–Crippen MR) is 111 cm³/mol. The molecule has 1 heterocycles. The molecule has 0 aromatic heterocycles. The van der Waals surface area contributed by atoms with Gasteiger partial charge in [0.05, 0.1) is 5.92 Å². The highest BCUT2D eigenvalue weighted by atomic mass is 16.4. The Bertz CT molecular complexity index is 880. The summed E-state index contributed by atoms with van der Waals surface area (Å²) in [6.45, 7) is 5.10. The molecule has 152 valence electrons. The first-order chi connectivity index (χ1) is 13.8. The lowest BCUT2D eigenvalue weighted by atomic mass is 9.96. The first-order valence-corrected chi connectivity index (χ1v) is 9.88. The third-order valence-corrected chi connectivity index (χ3v) is 5.36. The lowest BCUT2D eigenvalue weighted by Crippen LogP contribution is -2.40. The van der Waals surface area contributed by atoms with E-state index in [1.807, 2.05) is 24.3 Å². The van der Waals surface area contributed by atoms with Gasteiger partial charge in [0.15, 0.2) is 0 Å². The summed E-state index contributed by atoms with van der Waals surface area (Å²) >= 11 is 0. The molecule has 0 saturated carbocycles. The molecule has 6 heteroatoms. The van der Waals surface area contributed by atoms with Crippen molar-refractivity contribution in [3.05, 3.63) is 65.2 Å². The van der Waals surface area contributed by atoms with Gasteiger partial charge in [-0.2, -0.15) is 0 Å². The highest BCUT2D eigenvalue weighted by Gasteiger charge is 2.27.